The van der Waals surface area contributed by atoms with Gasteiger partial charge in [0, 0.05) is 16.8 Å². The van der Waals surface area contributed by atoms with Crippen LogP contribution in [0.15, 0.2) is 42.5 Å². The molecule has 2 aromatic carbocycles. The maximum atomic E-state index is 13.3. The van der Waals surface area contributed by atoms with Gasteiger partial charge in [0.15, 0.2) is 0 Å². The predicted octanol–water partition coefficient (Wildman–Crippen LogP) is 3.04. The van der Waals surface area contributed by atoms with Crippen LogP contribution < -0.4 is 11.1 Å². The van der Waals surface area contributed by atoms with Crippen molar-refractivity contribution in [1.29, 1.82) is 0 Å². The molecule has 0 bridgehead atoms. The summed E-state index contributed by atoms with van der Waals surface area (Å²) in [5.74, 6) is 4.58. The third-order valence-corrected chi connectivity index (χ3v) is 2.97. The highest BCUT2D eigenvalue weighted by atomic mass is 35.5. The number of hydrogen-bond donors (Lipinski definition) is 2. The van der Waals surface area contributed by atoms with Crippen LogP contribution >= 0.6 is 11.6 Å². The highest BCUT2D eigenvalue weighted by molar-refractivity contribution is 6.30. The average Bonchev–Trinajstić information content (AvgIpc) is 2.49. The van der Waals surface area contributed by atoms with E-state index in [0.717, 1.165) is 11.6 Å². The van der Waals surface area contributed by atoms with E-state index in [4.69, 9.17) is 17.3 Å². The largest absolute Gasteiger partial charge is 0.322 e. The predicted molar refractivity (Wildman–Crippen MR) is 81.7 cm³/mol. The molecule has 0 radical (unpaired) electrons. The van der Waals surface area contributed by atoms with E-state index in [2.05, 4.69) is 17.2 Å². The van der Waals surface area contributed by atoms with E-state index in [0.29, 0.717) is 12.2 Å². The number of nitrogens with one attached hydrogen (secondary N) is 1. The molecule has 0 aromatic heterocycles. The molecule has 21 heavy (non-hydrogen) atoms. The minimum absolute atomic E-state index is 0.0191. The topological polar surface area (TPSA) is 55.1 Å². The summed E-state index contributed by atoms with van der Waals surface area (Å²) in [4.78, 5) is 12.0. The Morgan fingerprint density at radius 1 is 1.24 bits per heavy atom. The van der Waals surface area contributed by atoms with Gasteiger partial charge in [-0.2, -0.15) is 0 Å². The third-order valence-electron chi connectivity index (χ3n) is 2.66. The van der Waals surface area contributed by atoms with Crippen molar-refractivity contribution in [2.75, 3.05) is 11.9 Å². The Labute approximate surface area is 126 Å². The quantitative estimate of drug-likeness (QED) is 0.838. The molecule has 0 aliphatic carbocycles. The van der Waals surface area contributed by atoms with Crippen LogP contribution in [0.2, 0.25) is 5.02 Å². The van der Waals surface area contributed by atoms with Gasteiger partial charge in [0.1, 0.15) is 5.82 Å². The summed E-state index contributed by atoms with van der Waals surface area (Å²) in [5.41, 5.74) is 6.88. The van der Waals surface area contributed by atoms with Gasteiger partial charge in [-0.25, -0.2) is 4.39 Å². The molecule has 5 heteroatoms. The molecule has 0 heterocycles. The third kappa shape index (κ3) is 4.06. The molecule has 0 fully saturated rings. The fourth-order valence-electron chi connectivity index (χ4n) is 1.63. The van der Waals surface area contributed by atoms with E-state index in [9.17, 15) is 9.18 Å². The molecule has 0 unspecified atom stereocenters. The lowest BCUT2D eigenvalue weighted by atomic mass is 10.2. The van der Waals surface area contributed by atoms with Crippen molar-refractivity contribution in [3.05, 3.63) is 64.4 Å². The van der Waals surface area contributed by atoms with Gasteiger partial charge in [-0.15, -0.1) is 0 Å². The van der Waals surface area contributed by atoms with Gasteiger partial charge >= 0.3 is 0 Å². The van der Waals surface area contributed by atoms with Gasteiger partial charge in [0.2, 0.25) is 0 Å². The van der Waals surface area contributed by atoms with Crippen molar-refractivity contribution in [2.45, 2.75) is 0 Å². The molecule has 0 spiro atoms. The van der Waals surface area contributed by atoms with Gasteiger partial charge in [0.05, 0.1) is 11.6 Å². The summed E-state index contributed by atoms with van der Waals surface area (Å²) in [6.45, 7) is 0.292. The van der Waals surface area contributed by atoms with Crippen LogP contribution in [0, 0.1) is 17.7 Å². The Hall–Kier alpha value is -2.35. The van der Waals surface area contributed by atoms with Crippen LogP contribution in [0.25, 0.3) is 0 Å². The molecule has 0 saturated carbocycles. The molecule has 2 rings (SSSR count). The van der Waals surface area contributed by atoms with Crippen molar-refractivity contribution in [3.8, 4) is 11.8 Å². The SMILES string of the molecule is NCC#Cc1ccc(NC(=O)c2ccc(Cl)c(F)c2)cc1. The first-order valence-electron chi connectivity index (χ1n) is 6.15. The smallest absolute Gasteiger partial charge is 0.255 e. The molecule has 0 aliphatic heterocycles. The lowest BCUT2D eigenvalue weighted by molar-refractivity contribution is 0.102. The standard InChI is InChI=1S/C16H12ClFN2O/c17-14-8-5-12(10-15(14)18)16(21)20-13-6-3-11(4-7-13)2-1-9-19/h3-8,10H,9,19H2,(H,20,21). The maximum Gasteiger partial charge on any atom is 0.255 e. The second-order valence-corrected chi connectivity index (χ2v) is 4.57. The van der Waals surface area contributed by atoms with Crippen LogP contribution in [0.5, 0.6) is 0 Å². The minimum atomic E-state index is -0.628. The fourth-order valence-corrected chi connectivity index (χ4v) is 1.75. The van der Waals surface area contributed by atoms with E-state index < -0.39 is 11.7 Å². The Morgan fingerprint density at radius 3 is 2.57 bits per heavy atom. The Balaban J connectivity index is 2.10. The molecule has 1 amide bonds. The van der Waals surface area contributed by atoms with Crippen molar-refractivity contribution < 1.29 is 9.18 Å². The second-order valence-electron chi connectivity index (χ2n) is 4.17. The van der Waals surface area contributed by atoms with Gasteiger partial charge in [-0.05, 0) is 42.5 Å². The highest BCUT2D eigenvalue weighted by Crippen LogP contribution is 2.17. The van der Waals surface area contributed by atoms with Crippen molar-refractivity contribution in [1.82, 2.24) is 0 Å². The monoisotopic (exact) mass is 302 g/mol. The number of anilines is 1. The lowest BCUT2D eigenvalue weighted by Crippen LogP contribution is -2.12. The van der Waals surface area contributed by atoms with E-state index in [-0.39, 0.29) is 10.6 Å². The molecule has 3 nitrogen and oxygen atoms in total. The van der Waals surface area contributed by atoms with Crippen LogP contribution in [0.1, 0.15) is 15.9 Å². The molecule has 0 atom stereocenters. The minimum Gasteiger partial charge on any atom is -0.322 e. The van der Waals surface area contributed by atoms with Gasteiger partial charge in [-0.1, -0.05) is 23.4 Å². The van der Waals surface area contributed by atoms with Crippen LogP contribution in [-0.2, 0) is 0 Å². The molecule has 2 aromatic rings. The number of rotatable bonds is 2. The van der Waals surface area contributed by atoms with Crippen LogP contribution in [0.4, 0.5) is 10.1 Å². The molecule has 0 aliphatic rings. The number of carbonyl (C=O) groups is 1. The fraction of sp³-hybridized carbons (Fsp3) is 0.0625. The zero-order valence-corrected chi connectivity index (χ0v) is 11.7. The van der Waals surface area contributed by atoms with Crippen molar-refractivity contribution in [2.24, 2.45) is 5.73 Å². The summed E-state index contributed by atoms with van der Waals surface area (Å²) in [7, 11) is 0. The van der Waals surface area contributed by atoms with Crippen LogP contribution in [-0.4, -0.2) is 12.5 Å². The summed E-state index contributed by atoms with van der Waals surface area (Å²) >= 11 is 5.58. The molecular weight excluding hydrogens is 291 g/mol. The molecular formula is C16H12ClFN2O. The molecule has 106 valence electrons. The normalized spacial score (nSPS) is 9.67. The highest BCUT2D eigenvalue weighted by Gasteiger charge is 2.09. The molecule has 3 N–H and O–H groups in total. The van der Waals surface area contributed by atoms with Crippen LogP contribution in [0.3, 0.4) is 0 Å². The number of amides is 1. The first-order chi connectivity index (χ1) is 10.1. The Kier molecular flexibility index (Phi) is 4.94. The first-order valence-corrected chi connectivity index (χ1v) is 6.53. The van der Waals surface area contributed by atoms with E-state index in [1.807, 2.05) is 0 Å². The van der Waals surface area contributed by atoms with Crippen molar-refractivity contribution >= 4 is 23.2 Å². The zero-order valence-electron chi connectivity index (χ0n) is 11.0. The summed E-state index contributed by atoms with van der Waals surface area (Å²) in [6, 6.07) is 10.9. The van der Waals surface area contributed by atoms with Gasteiger partial charge in [-0.3, -0.25) is 4.79 Å². The summed E-state index contributed by atoms with van der Waals surface area (Å²) < 4.78 is 13.3. The first kappa shape index (κ1) is 15.0. The van der Waals surface area contributed by atoms with E-state index in [1.165, 1.54) is 12.1 Å². The summed E-state index contributed by atoms with van der Waals surface area (Å²) in [5, 5.41) is 2.65. The van der Waals surface area contributed by atoms with E-state index >= 15 is 0 Å². The average molecular weight is 303 g/mol. The van der Waals surface area contributed by atoms with Gasteiger partial charge < -0.3 is 11.1 Å². The Bertz CT molecular complexity index is 717. The van der Waals surface area contributed by atoms with E-state index in [1.54, 1.807) is 24.3 Å². The summed E-state index contributed by atoms with van der Waals surface area (Å²) in [6.07, 6.45) is 0. The van der Waals surface area contributed by atoms with Gasteiger partial charge in [0.25, 0.3) is 5.91 Å². The number of carbonyl (C=O) groups excluding carboxylic acids is 1. The maximum absolute atomic E-state index is 13.3. The lowest BCUT2D eigenvalue weighted by Gasteiger charge is -2.06. The number of benzene rings is 2. The second kappa shape index (κ2) is 6.89. The number of nitrogens with two attached hydrogens (primary N) is 1. The van der Waals surface area contributed by atoms with Crippen molar-refractivity contribution in [3.63, 3.8) is 0 Å². The zero-order chi connectivity index (χ0) is 15.2. The number of hydrogen-bond acceptors (Lipinski definition) is 2. The molecule has 0 saturated heterocycles. The Morgan fingerprint density at radius 2 is 1.95 bits per heavy atom. The number of halogens is 2.